The monoisotopic (exact) mass is 413 g/mol. The second kappa shape index (κ2) is 8.39. The van der Waals surface area contributed by atoms with Gasteiger partial charge in [0.05, 0.1) is 22.8 Å². The fourth-order valence-corrected chi connectivity index (χ4v) is 3.41. The van der Waals surface area contributed by atoms with Gasteiger partial charge in [-0.05, 0) is 31.2 Å². The molecule has 31 heavy (non-hydrogen) atoms. The van der Waals surface area contributed by atoms with Gasteiger partial charge in [-0.15, -0.1) is 0 Å². The van der Waals surface area contributed by atoms with Crippen molar-refractivity contribution in [2.75, 3.05) is 19.4 Å². The van der Waals surface area contributed by atoms with Crippen molar-refractivity contribution in [1.29, 1.82) is 0 Å². The number of carbonyl (C=O) groups excluding carboxylic acids is 2. The van der Waals surface area contributed by atoms with E-state index >= 15 is 0 Å². The number of hydrogen-bond acceptors (Lipinski definition) is 4. The van der Waals surface area contributed by atoms with Crippen molar-refractivity contribution in [3.05, 3.63) is 78.0 Å². The number of nitrogens with one attached hydrogen (secondary N) is 1. The number of aromatic nitrogens is 3. The van der Waals surface area contributed by atoms with Crippen molar-refractivity contribution < 1.29 is 9.59 Å². The minimum atomic E-state index is -0.283. The quantitative estimate of drug-likeness (QED) is 0.535. The van der Waals surface area contributed by atoms with Gasteiger partial charge in [-0.3, -0.25) is 9.59 Å². The zero-order valence-corrected chi connectivity index (χ0v) is 17.7. The highest BCUT2D eigenvalue weighted by Gasteiger charge is 2.18. The summed E-state index contributed by atoms with van der Waals surface area (Å²) in [7, 11) is 3.38. The van der Waals surface area contributed by atoms with Crippen molar-refractivity contribution in [1.82, 2.24) is 19.7 Å². The van der Waals surface area contributed by atoms with Crippen LogP contribution in [0.3, 0.4) is 0 Å². The van der Waals surface area contributed by atoms with Crippen molar-refractivity contribution in [3.63, 3.8) is 0 Å². The highest BCUT2D eigenvalue weighted by atomic mass is 16.2. The summed E-state index contributed by atoms with van der Waals surface area (Å²) in [6.07, 6.45) is 1.67. The summed E-state index contributed by atoms with van der Waals surface area (Å²) in [5, 5.41) is 7.98. The van der Waals surface area contributed by atoms with Crippen LogP contribution in [0.25, 0.3) is 22.3 Å². The molecule has 0 radical (unpaired) electrons. The predicted molar refractivity (Wildman–Crippen MR) is 121 cm³/mol. The molecule has 4 rings (SSSR count). The third-order valence-electron chi connectivity index (χ3n) is 5.00. The molecule has 0 bridgehead atoms. The average Bonchev–Trinajstić information content (AvgIpc) is 3.21. The zero-order chi connectivity index (χ0) is 22.0. The van der Waals surface area contributed by atoms with Gasteiger partial charge in [-0.2, -0.15) is 5.10 Å². The van der Waals surface area contributed by atoms with Gasteiger partial charge in [0, 0.05) is 37.5 Å². The van der Waals surface area contributed by atoms with Crippen LogP contribution in [-0.2, 0) is 6.54 Å². The Hall–Kier alpha value is -4.00. The number of rotatable bonds is 5. The van der Waals surface area contributed by atoms with Crippen molar-refractivity contribution in [2.24, 2.45) is 0 Å². The standard InChI is InChI=1S/C24H23N5O2/c1-4-29-22-20(15-25-29)19(14-21(27-22)16-9-6-5-7-10-16)23(30)26-18-12-8-11-17(13-18)24(31)28(2)3/h5-15H,4H2,1-3H3,(H,26,30). The van der Waals surface area contributed by atoms with Gasteiger partial charge in [0.15, 0.2) is 5.65 Å². The van der Waals surface area contributed by atoms with Crippen LogP contribution in [0.2, 0.25) is 0 Å². The van der Waals surface area contributed by atoms with E-state index in [4.69, 9.17) is 4.98 Å². The maximum Gasteiger partial charge on any atom is 0.256 e. The fraction of sp³-hybridized carbons (Fsp3) is 0.167. The predicted octanol–water partition coefficient (Wildman–Crippen LogP) is 4.07. The molecule has 7 nitrogen and oxygen atoms in total. The van der Waals surface area contributed by atoms with Gasteiger partial charge < -0.3 is 10.2 Å². The molecule has 0 aliphatic carbocycles. The Labute approximate surface area is 180 Å². The lowest BCUT2D eigenvalue weighted by Gasteiger charge is -2.12. The summed E-state index contributed by atoms with van der Waals surface area (Å²) in [4.78, 5) is 31.8. The Balaban J connectivity index is 1.75. The van der Waals surface area contributed by atoms with Gasteiger partial charge in [0.25, 0.3) is 11.8 Å². The maximum absolute atomic E-state index is 13.3. The number of anilines is 1. The Morgan fingerprint density at radius 3 is 2.52 bits per heavy atom. The summed E-state index contributed by atoms with van der Waals surface area (Å²) >= 11 is 0. The average molecular weight is 413 g/mol. The largest absolute Gasteiger partial charge is 0.345 e. The number of carbonyl (C=O) groups is 2. The minimum Gasteiger partial charge on any atom is -0.345 e. The molecule has 0 unspecified atom stereocenters. The lowest BCUT2D eigenvalue weighted by Crippen LogP contribution is -2.22. The molecule has 0 aliphatic heterocycles. The van der Waals surface area contributed by atoms with Crippen LogP contribution in [0.1, 0.15) is 27.6 Å². The highest BCUT2D eigenvalue weighted by molar-refractivity contribution is 6.13. The molecule has 2 aromatic carbocycles. The molecule has 1 N–H and O–H groups in total. The van der Waals surface area contributed by atoms with E-state index in [1.807, 2.05) is 37.3 Å². The Kier molecular flexibility index (Phi) is 5.49. The molecule has 0 spiro atoms. The van der Waals surface area contributed by atoms with Gasteiger partial charge in [-0.1, -0.05) is 36.4 Å². The fourth-order valence-electron chi connectivity index (χ4n) is 3.41. The van der Waals surface area contributed by atoms with Crippen molar-refractivity contribution in [3.8, 4) is 11.3 Å². The lowest BCUT2D eigenvalue weighted by atomic mass is 10.1. The van der Waals surface area contributed by atoms with Crippen molar-refractivity contribution in [2.45, 2.75) is 13.5 Å². The molecule has 156 valence electrons. The first-order valence-electron chi connectivity index (χ1n) is 10.0. The van der Waals surface area contributed by atoms with Crippen LogP contribution in [0.4, 0.5) is 5.69 Å². The summed E-state index contributed by atoms with van der Waals surface area (Å²) in [6.45, 7) is 2.63. The van der Waals surface area contributed by atoms with Gasteiger partial charge >= 0.3 is 0 Å². The molecule has 2 heterocycles. The molecule has 0 saturated carbocycles. The van der Waals surface area contributed by atoms with Gasteiger partial charge in [0.2, 0.25) is 0 Å². The number of amides is 2. The molecule has 2 amide bonds. The number of nitrogens with zero attached hydrogens (tertiary/aromatic N) is 4. The van der Waals surface area contributed by atoms with Crippen molar-refractivity contribution >= 4 is 28.5 Å². The third-order valence-corrected chi connectivity index (χ3v) is 5.00. The van der Waals surface area contributed by atoms with Crippen LogP contribution < -0.4 is 5.32 Å². The van der Waals surface area contributed by atoms with E-state index in [0.717, 1.165) is 5.56 Å². The van der Waals surface area contributed by atoms with E-state index in [1.165, 1.54) is 4.90 Å². The lowest BCUT2D eigenvalue weighted by molar-refractivity contribution is 0.0827. The number of fused-ring (bicyclic) bond motifs is 1. The Morgan fingerprint density at radius 1 is 1.03 bits per heavy atom. The summed E-state index contributed by atoms with van der Waals surface area (Å²) in [5.41, 5.74) is 3.81. The first kappa shape index (κ1) is 20.3. The van der Waals surface area contributed by atoms with E-state index in [2.05, 4.69) is 10.4 Å². The second-order valence-electron chi connectivity index (χ2n) is 7.35. The molecule has 0 fully saturated rings. The molecule has 4 aromatic rings. The highest BCUT2D eigenvalue weighted by Crippen LogP contribution is 2.26. The maximum atomic E-state index is 13.3. The molecule has 2 aromatic heterocycles. The molecule has 7 heteroatoms. The molecular weight excluding hydrogens is 390 g/mol. The van der Waals surface area contributed by atoms with Crippen LogP contribution >= 0.6 is 0 Å². The van der Waals surface area contributed by atoms with Crippen LogP contribution in [0.5, 0.6) is 0 Å². The number of hydrogen-bond donors (Lipinski definition) is 1. The normalized spacial score (nSPS) is 10.8. The third kappa shape index (κ3) is 4.02. The number of pyridine rings is 1. The first-order valence-corrected chi connectivity index (χ1v) is 10.0. The van der Waals surface area contributed by atoms with Crippen LogP contribution in [0.15, 0.2) is 66.9 Å². The number of aryl methyl sites for hydroxylation is 1. The van der Waals surface area contributed by atoms with E-state index in [1.54, 1.807) is 55.3 Å². The molecular formula is C24H23N5O2. The first-order chi connectivity index (χ1) is 15.0. The van der Waals surface area contributed by atoms with E-state index in [0.29, 0.717) is 40.1 Å². The summed E-state index contributed by atoms with van der Waals surface area (Å²) in [6, 6.07) is 18.4. The molecule has 0 saturated heterocycles. The van der Waals surface area contributed by atoms with Crippen LogP contribution in [-0.4, -0.2) is 45.6 Å². The molecule has 0 atom stereocenters. The topological polar surface area (TPSA) is 80.1 Å². The van der Waals surface area contributed by atoms with E-state index in [9.17, 15) is 9.59 Å². The SMILES string of the molecule is CCn1ncc2c(C(=O)Nc3cccc(C(=O)N(C)C)c3)cc(-c3ccccc3)nc21. The minimum absolute atomic E-state index is 0.127. The van der Waals surface area contributed by atoms with Gasteiger partial charge in [-0.25, -0.2) is 9.67 Å². The summed E-state index contributed by atoms with van der Waals surface area (Å²) < 4.78 is 1.77. The Morgan fingerprint density at radius 2 is 1.81 bits per heavy atom. The van der Waals surface area contributed by atoms with E-state index < -0.39 is 0 Å². The zero-order valence-electron chi connectivity index (χ0n) is 17.7. The van der Waals surface area contributed by atoms with E-state index in [-0.39, 0.29) is 11.8 Å². The second-order valence-corrected chi connectivity index (χ2v) is 7.35. The summed E-state index contributed by atoms with van der Waals surface area (Å²) in [5.74, 6) is -0.410. The number of benzene rings is 2. The molecule has 0 aliphatic rings. The Bertz CT molecular complexity index is 1260. The van der Waals surface area contributed by atoms with Gasteiger partial charge in [0.1, 0.15) is 0 Å². The van der Waals surface area contributed by atoms with Crippen LogP contribution in [0, 0.1) is 0 Å². The smallest absolute Gasteiger partial charge is 0.256 e.